The van der Waals surface area contributed by atoms with Crippen molar-refractivity contribution in [2.75, 3.05) is 9.80 Å². The van der Waals surface area contributed by atoms with Crippen molar-refractivity contribution in [3.8, 4) is 33.4 Å². The van der Waals surface area contributed by atoms with Crippen molar-refractivity contribution in [3.05, 3.63) is 216 Å². The van der Waals surface area contributed by atoms with Gasteiger partial charge in [0.2, 0.25) is 0 Å². The van der Waals surface area contributed by atoms with E-state index in [2.05, 4.69) is 232 Å². The Morgan fingerprint density at radius 3 is 0.907 bits per heavy atom. The number of anilines is 6. The molecule has 0 aliphatic carbocycles. The van der Waals surface area contributed by atoms with Gasteiger partial charge >= 0.3 is 0 Å². The molecule has 0 aliphatic heterocycles. The van der Waals surface area contributed by atoms with E-state index in [1.165, 1.54) is 55.6 Å². The molecule has 2 heteroatoms. The van der Waals surface area contributed by atoms with E-state index >= 15 is 0 Å². The van der Waals surface area contributed by atoms with Crippen LogP contribution in [0.5, 0.6) is 0 Å². The first kappa shape index (κ1) is 34.4. The number of para-hydroxylation sites is 2. The first-order valence-electron chi connectivity index (χ1n) is 18.7. The molecule has 0 aliphatic rings. The molecule has 0 saturated heterocycles. The highest BCUT2D eigenvalue weighted by Gasteiger charge is 2.17. The fourth-order valence-electron chi connectivity index (χ4n) is 7.48. The van der Waals surface area contributed by atoms with Gasteiger partial charge in [0.15, 0.2) is 0 Å². The molecule has 8 aromatic carbocycles. The number of hydrogen-bond donors (Lipinski definition) is 0. The molecule has 8 aromatic rings. The van der Waals surface area contributed by atoms with E-state index in [1.807, 2.05) is 0 Å². The summed E-state index contributed by atoms with van der Waals surface area (Å²) in [6, 6.07) is 70.0. The third kappa shape index (κ3) is 6.95. The second kappa shape index (κ2) is 15.1. The molecule has 0 spiro atoms. The van der Waals surface area contributed by atoms with Gasteiger partial charge in [-0.1, -0.05) is 121 Å². The minimum absolute atomic E-state index is 1.11. The maximum atomic E-state index is 2.35. The fraction of sp³-hybridized carbons (Fsp3) is 0.0769. The Kier molecular flexibility index (Phi) is 9.66. The third-order valence-electron chi connectivity index (χ3n) is 10.4. The molecular weight excluding hydrogens is 653 g/mol. The zero-order valence-corrected chi connectivity index (χ0v) is 31.4. The zero-order valence-electron chi connectivity index (χ0n) is 31.4. The molecule has 0 atom stereocenters. The molecule has 8 rings (SSSR count). The maximum absolute atomic E-state index is 2.35. The molecule has 0 bridgehead atoms. The van der Waals surface area contributed by atoms with Crippen molar-refractivity contribution in [2.24, 2.45) is 0 Å². The van der Waals surface area contributed by atoms with Crippen molar-refractivity contribution >= 4 is 34.1 Å². The molecule has 0 radical (unpaired) electrons. The van der Waals surface area contributed by atoms with Crippen molar-refractivity contribution in [1.29, 1.82) is 0 Å². The number of nitrogens with zero attached hydrogens (tertiary/aromatic N) is 2. The first-order chi connectivity index (χ1) is 26.4. The summed E-state index contributed by atoms with van der Waals surface area (Å²) in [5, 5.41) is 0. The van der Waals surface area contributed by atoms with Crippen molar-refractivity contribution in [2.45, 2.75) is 27.7 Å². The Hall–Kier alpha value is -6.64. The molecule has 0 fully saturated rings. The van der Waals surface area contributed by atoms with Crippen LogP contribution in [0.4, 0.5) is 34.1 Å². The van der Waals surface area contributed by atoms with Gasteiger partial charge in [0.25, 0.3) is 0 Å². The van der Waals surface area contributed by atoms with Crippen LogP contribution < -0.4 is 9.80 Å². The normalized spacial score (nSPS) is 11.0. The second-order valence-electron chi connectivity index (χ2n) is 14.1. The van der Waals surface area contributed by atoms with Crippen LogP contribution in [0.1, 0.15) is 22.3 Å². The Morgan fingerprint density at radius 1 is 0.241 bits per heavy atom. The topological polar surface area (TPSA) is 6.48 Å². The molecular formula is C52H44N2. The Bertz CT molecular complexity index is 2340. The average molecular weight is 697 g/mol. The predicted octanol–water partition coefficient (Wildman–Crippen LogP) is 14.9. The molecule has 0 aromatic heterocycles. The summed E-state index contributed by atoms with van der Waals surface area (Å²) < 4.78 is 0. The minimum atomic E-state index is 1.11. The summed E-state index contributed by atoms with van der Waals surface area (Å²) in [5.41, 5.74) is 19.2. The van der Waals surface area contributed by atoms with Crippen molar-refractivity contribution in [1.82, 2.24) is 0 Å². The second-order valence-corrected chi connectivity index (χ2v) is 14.1. The molecule has 2 nitrogen and oxygen atoms in total. The zero-order chi connectivity index (χ0) is 37.0. The summed E-state index contributed by atoms with van der Waals surface area (Å²) >= 11 is 0. The van der Waals surface area contributed by atoms with Gasteiger partial charge in [0, 0.05) is 34.1 Å². The molecule has 0 amide bonds. The van der Waals surface area contributed by atoms with Crippen molar-refractivity contribution in [3.63, 3.8) is 0 Å². The van der Waals surface area contributed by atoms with Gasteiger partial charge < -0.3 is 9.80 Å². The van der Waals surface area contributed by atoms with E-state index in [1.54, 1.807) is 0 Å². The lowest BCUT2D eigenvalue weighted by atomic mass is 9.95. The highest BCUT2D eigenvalue weighted by atomic mass is 15.1. The monoisotopic (exact) mass is 696 g/mol. The lowest BCUT2D eigenvalue weighted by Gasteiger charge is -2.27. The van der Waals surface area contributed by atoms with Crippen LogP contribution in [0, 0.1) is 27.7 Å². The quantitative estimate of drug-likeness (QED) is 0.148. The first-order valence-corrected chi connectivity index (χ1v) is 18.7. The predicted molar refractivity (Wildman–Crippen MR) is 231 cm³/mol. The smallest absolute Gasteiger partial charge is 0.0467 e. The summed E-state index contributed by atoms with van der Waals surface area (Å²) in [5.74, 6) is 0. The van der Waals surface area contributed by atoms with Gasteiger partial charge in [-0.05, 0) is 156 Å². The fourth-order valence-corrected chi connectivity index (χ4v) is 7.48. The maximum Gasteiger partial charge on any atom is 0.0467 e. The van der Waals surface area contributed by atoms with Gasteiger partial charge in [-0.3, -0.25) is 0 Å². The van der Waals surface area contributed by atoms with Crippen LogP contribution in [0.2, 0.25) is 0 Å². The van der Waals surface area contributed by atoms with Crippen LogP contribution in [-0.4, -0.2) is 0 Å². The van der Waals surface area contributed by atoms with E-state index in [0.29, 0.717) is 0 Å². The van der Waals surface area contributed by atoms with Crippen LogP contribution in [0.3, 0.4) is 0 Å². The Morgan fingerprint density at radius 2 is 0.537 bits per heavy atom. The standard InChI is InChI=1S/C52H44N2/c1-37-15-11-13-21-49(37)51-35-47(29-23-39(51)3)53(43-17-7-5-8-18-43)45-31-25-41(26-32-45)42-27-33-46(34-28-42)54(44-19-9-6-10-20-44)48-30-24-40(4)52(36-48)50-22-14-12-16-38(50)2/h5-36H,1-4H3. The summed E-state index contributed by atoms with van der Waals surface area (Å²) in [4.78, 5) is 4.69. The Labute approximate surface area is 320 Å². The molecule has 0 N–H and O–H groups in total. The molecule has 0 heterocycles. The van der Waals surface area contributed by atoms with E-state index in [-0.39, 0.29) is 0 Å². The molecule has 54 heavy (non-hydrogen) atoms. The van der Waals surface area contributed by atoms with Gasteiger partial charge in [-0.25, -0.2) is 0 Å². The molecule has 0 unspecified atom stereocenters. The third-order valence-corrected chi connectivity index (χ3v) is 10.4. The number of rotatable bonds is 9. The lowest BCUT2D eigenvalue weighted by Crippen LogP contribution is -2.10. The number of benzene rings is 8. The van der Waals surface area contributed by atoms with E-state index in [9.17, 15) is 0 Å². The molecule has 0 saturated carbocycles. The van der Waals surface area contributed by atoms with E-state index < -0.39 is 0 Å². The highest BCUT2D eigenvalue weighted by Crippen LogP contribution is 2.41. The van der Waals surface area contributed by atoms with Crippen LogP contribution >= 0.6 is 0 Å². The van der Waals surface area contributed by atoms with Crippen LogP contribution in [0.15, 0.2) is 194 Å². The summed E-state index contributed by atoms with van der Waals surface area (Å²) in [7, 11) is 0. The Balaban J connectivity index is 1.13. The van der Waals surface area contributed by atoms with Gasteiger partial charge in [0.1, 0.15) is 0 Å². The van der Waals surface area contributed by atoms with Gasteiger partial charge in [0.05, 0.1) is 0 Å². The largest absolute Gasteiger partial charge is 0.310 e. The number of hydrogen-bond acceptors (Lipinski definition) is 2. The molecule has 262 valence electrons. The van der Waals surface area contributed by atoms with E-state index in [0.717, 1.165) is 34.1 Å². The van der Waals surface area contributed by atoms with Crippen molar-refractivity contribution < 1.29 is 0 Å². The average Bonchev–Trinajstić information content (AvgIpc) is 3.21. The van der Waals surface area contributed by atoms with E-state index in [4.69, 9.17) is 0 Å². The number of aryl methyl sites for hydroxylation is 4. The lowest BCUT2D eigenvalue weighted by molar-refractivity contribution is 1.27. The van der Waals surface area contributed by atoms with Gasteiger partial charge in [-0.15, -0.1) is 0 Å². The van der Waals surface area contributed by atoms with Gasteiger partial charge in [-0.2, -0.15) is 0 Å². The van der Waals surface area contributed by atoms with Crippen LogP contribution in [-0.2, 0) is 0 Å². The summed E-state index contributed by atoms with van der Waals surface area (Å²) in [6.07, 6.45) is 0. The highest BCUT2D eigenvalue weighted by molar-refractivity contribution is 5.85. The van der Waals surface area contributed by atoms with Crippen LogP contribution in [0.25, 0.3) is 33.4 Å². The minimum Gasteiger partial charge on any atom is -0.310 e. The SMILES string of the molecule is Cc1ccccc1-c1cc(N(c2ccccc2)c2ccc(-c3ccc(N(c4ccccc4)c4ccc(C)c(-c5ccccc5C)c4)cc3)cc2)ccc1C. The summed E-state index contributed by atoms with van der Waals surface area (Å²) in [6.45, 7) is 8.76.